The van der Waals surface area contributed by atoms with Crippen LogP contribution in [0.4, 0.5) is 0 Å². The summed E-state index contributed by atoms with van der Waals surface area (Å²) in [6.45, 7) is 0.753. The van der Waals surface area contributed by atoms with Crippen LogP contribution in [0.2, 0.25) is 0 Å². The van der Waals surface area contributed by atoms with Crippen LogP contribution in [0.3, 0.4) is 0 Å². The predicted octanol–water partition coefficient (Wildman–Crippen LogP) is 2.32. The van der Waals surface area contributed by atoms with Crippen molar-refractivity contribution in [3.8, 4) is 5.75 Å². The van der Waals surface area contributed by atoms with Crippen molar-refractivity contribution in [2.75, 3.05) is 19.4 Å². The van der Waals surface area contributed by atoms with Gasteiger partial charge in [-0.1, -0.05) is 30.0 Å². The van der Waals surface area contributed by atoms with Gasteiger partial charge in [0.25, 0.3) is 17.7 Å². The van der Waals surface area contributed by atoms with Crippen molar-refractivity contribution >= 4 is 34.7 Å². The summed E-state index contributed by atoms with van der Waals surface area (Å²) in [6, 6.07) is 11.8. The summed E-state index contributed by atoms with van der Waals surface area (Å²) in [5.41, 5.74) is 1.78. The van der Waals surface area contributed by atoms with Crippen molar-refractivity contribution in [1.82, 2.24) is 10.2 Å². The highest BCUT2D eigenvalue weighted by atomic mass is 32.2. The number of methoxy groups -OCH3 is 1. The fourth-order valence-electron chi connectivity index (χ4n) is 3.17. The summed E-state index contributed by atoms with van der Waals surface area (Å²) < 4.78 is 5.29. The van der Waals surface area contributed by atoms with Gasteiger partial charge in [-0.15, -0.1) is 0 Å². The van der Waals surface area contributed by atoms with Crippen LogP contribution in [0.5, 0.6) is 5.75 Å². The molecule has 0 saturated heterocycles. The van der Waals surface area contributed by atoms with Crippen LogP contribution >= 0.6 is 11.8 Å². The van der Waals surface area contributed by atoms with Gasteiger partial charge in [0.05, 0.1) is 36.9 Å². The van der Waals surface area contributed by atoms with Crippen molar-refractivity contribution in [1.29, 1.82) is 0 Å². The monoisotopic (exact) mass is 395 g/mol. The maximum Gasteiger partial charge on any atom is 0.261 e. The maximum absolute atomic E-state index is 12.6. The second kappa shape index (κ2) is 7.47. The van der Waals surface area contributed by atoms with E-state index in [0.29, 0.717) is 39.7 Å². The molecule has 2 aromatic rings. The third-order valence-electron chi connectivity index (χ3n) is 4.53. The molecule has 142 valence electrons. The molecule has 0 aliphatic carbocycles. The number of amides is 3. The van der Waals surface area contributed by atoms with E-state index >= 15 is 0 Å². The minimum atomic E-state index is -0.339. The molecule has 0 radical (unpaired) electrons. The number of thioether (sulfide) groups is 1. The third kappa shape index (κ3) is 3.27. The number of fused-ring (bicyclic) bond motifs is 1. The van der Waals surface area contributed by atoms with E-state index < -0.39 is 0 Å². The number of hydrogen-bond donors (Lipinski definition) is 1. The number of rotatable bonds is 4. The molecule has 2 heterocycles. The molecule has 3 amide bonds. The minimum absolute atomic E-state index is 0.0757. The molecule has 0 unspecified atom stereocenters. The first-order chi connectivity index (χ1) is 13.6. The summed E-state index contributed by atoms with van der Waals surface area (Å²) in [5.74, 6) is 0.242. The summed E-state index contributed by atoms with van der Waals surface area (Å²) in [5, 5.41) is 3.35. The highest BCUT2D eigenvalue weighted by Gasteiger charge is 2.35. The number of amidine groups is 1. The van der Waals surface area contributed by atoms with E-state index in [1.807, 2.05) is 0 Å². The molecule has 8 heteroatoms. The summed E-state index contributed by atoms with van der Waals surface area (Å²) >= 11 is 1.48. The lowest BCUT2D eigenvalue weighted by Crippen LogP contribution is -2.30. The Morgan fingerprint density at radius 1 is 1.18 bits per heavy atom. The highest BCUT2D eigenvalue weighted by Crippen LogP contribution is 2.26. The second-order valence-corrected chi connectivity index (χ2v) is 7.35. The third-order valence-corrected chi connectivity index (χ3v) is 5.42. The first-order valence-electron chi connectivity index (χ1n) is 8.69. The molecule has 2 aromatic carbocycles. The molecule has 0 atom stereocenters. The Balaban J connectivity index is 1.58. The van der Waals surface area contributed by atoms with Gasteiger partial charge in [-0.3, -0.25) is 24.3 Å². The number of hydrogen-bond acceptors (Lipinski definition) is 6. The summed E-state index contributed by atoms with van der Waals surface area (Å²) in [7, 11) is 1.48. The zero-order valence-corrected chi connectivity index (χ0v) is 15.9. The van der Waals surface area contributed by atoms with Gasteiger partial charge >= 0.3 is 0 Å². The molecule has 0 aromatic heterocycles. The predicted molar refractivity (Wildman–Crippen MR) is 106 cm³/mol. The van der Waals surface area contributed by atoms with Gasteiger partial charge in [-0.05, 0) is 29.8 Å². The van der Waals surface area contributed by atoms with Gasteiger partial charge in [0.15, 0.2) is 5.17 Å². The standard InChI is InChI=1S/C20H17N3O4S/c1-27-16-7-6-12(10-15(16)17(24)22-20-21-8-9-28-20)11-23-18(25)13-4-2-3-5-14(13)19(23)26/h2-7,10H,8-9,11H2,1H3,(H,21,22,24). The number of benzene rings is 2. The molecule has 2 aliphatic heterocycles. The van der Waals surface area contributed by atoms with E-state index in [1.165, 1.54) is 23.8 Å². The molecule has 0 bridgehead atoms. The molecule has 7 nitrogen and oxygen atoms in total. The van der Waals surface area contributed by atoms with Crippen LogP contribution in [0, 0.1) is 0 Å². The number of nitrogens with one attached hydrogen (secondary N) is 1. The Morgan fingerprint density at radius 2 is 1.89 bits per heavy atom. The molecular weight excluding hydrogens is 378 g/mol. The zero-order chi connectivity index (χ0) is 19.7. The fraction of sp³-hybridized carbons (Fsp3) is 0.200. The van der Waals surface area contributed by atoms with Crippen LogP contribution in [0.25, 0.3) is 0 Å². The van der Waals surface area contributed by atoms with Gasteiger partial charge in [0.2, 0.25) is 0 Å². The first kappa shape index (κ1) is 18.2. The topological polar surface area (TPSA) is 88.1 Å². The minimum Gasteiger partial charge on any atom is -0.496 e. The van der Waals surface area contributed by atoms with Gasteiger partial charge in [0.1, 0.15) is 5.75 Å². The lowest BCUT2D eigenvalue weighted by atomic mass is 10.1. The summed E-state index contributed by atoms with van der Waals surface area (Å²) in [6.07, 6.45) is 0. The molecule has 0 fully saturated rings. The van der Waals surface area contributed by atoms with E-state index in [4.69, 9.17) is 4.74 Å². The molecule has 2 aliphatic rings. The van der Waals surface area contributed by atoms with Crippen molar-refractivity contribution in [2.24, 2.45) is 4.99 Å². The van der Waals surface area contributed by atoms with Gasteiger partial charge < -0.3 is 10.1 Å². The van der Waals surface area contributed by atoms with E-state index in [1.54, 1.807) is 42.5 Å². The Morgan fingerprint density at radius 3 is 2.50 bits per heavy atom. The molecular formula is C20H17N3O4S. The second-order valence-electron chi connectivity index (χ2n) is 6.27. The average Bonchev–Trinajstić information content (AvgIpc) is 3.31. The molecule has 4 rings (SSSR count). The van der Waals surface area contributed by atoms with Crippen LogP contribution in [0.1, 0.15) is 36.6 Å². The maximum atomic E-state index is 12.6. The number of nitrogens with zero attached hydrogens (tertiary/aromatic N) is 2. The quantitative estimate of drug-likeness (QED) is 0.803. The zero-order valence-electron chi connectivity index (χ0n) is 15.1. The van der Waals surface area contributed by atoms with E-state index in [2.05, 4.69) is 10.3 Å². The largest absolute Gasteiger partial charge is 0.496 e. The smallest absolute Gasteiger partial charge is 0.261 e. The van der Waals surface area contributed by atoms with Crippen molar-refractivity contribution in [2.45, 2.75) is 6.54 Å². The van der Waals surface area contributed by atoms with Crippen LogP contribution in [-0.2, 0) is 6.54 Å². The number of carbonyl (C=O) groups excluding carboxylic acids is 3. The average molecular weight is 395 g/mol. The number of carbonyl (C=O) groups is 3. The van der Waals surface area contributed by atoms with Crippen LogP contribution in [-0.4, -0.2) is 47.2 Å². The molecule has 1 N–H and O–H groups in total. The van der Waals surface area contributed by atoms with E-state index in [9.17, 15) is 14.4 Å². The first-order valence-corrected chi connectivity index (χ1v) is 9.68. The SMILES string of the molecule is COc1ccc(CN2C(=O)c3ccccc3C2=O)cc1C(=O)NC1=NCCS1. The normalized spacial score (nSPS) is 15.5. The lowest BCUT2D eigenvalue weighted by molar-refractivity contribution is 0.0642. The Hall–Kier alpha value is -3.13. The fourth-order valence-corrected chi connectivity index (χ4v) is 3.89. The van der Waals surface area contributed by atoms with Crippen LogP contribution < -0.4 is 10.1 Å². The Labute approximate surface area is 165 Å². The highest BCUT2D eigenvalue weighted by molar-refractivity contribution is 8.14. The molecule has 0 spiro atoms. The Kier molecular flexibility index (Phi) is 4.87. The van der Waals surface area contributed by atoms with Crippen molar-refractivity contribution in [3.63, 3.8) is 0 Å². The van der Waals surface area contributed by atoms with E-state index in [-0.39, 0.29) is 24.3 Å². The van der Waals surface area contributed by atoms with Gasteiger partial charge in [0, 0.05) is 5.75 Å². The van der Waals surface area contributed by atoms with Gasteiger partial charge in [-0.25, -0.2) is 0 Å². The Bertz CT molecular complexity index is 983. The van der Waals surface area contributed by atoms with Gasteiger partial charge in [-0.2, -0.15) is 0 Å². The summed E-state index contributed by atoms with van der Waals surface area (Å²) in [4.78, 5) is 43.2. The molecule has 28 heavy (non-hydrogen) atoms. The van der Waals surface area contributed by atoms with Crippen molar-refractivity contribution in [3.05, 3.63) is 64.7 Å². The number of ether oxygens (including phenoxy) is 1. The van der Waals surface area contributed by atoms with E-state index in [0.717, 1.165) is 5.75 Å². The van der Waals surface area contributed by atoms with Crippen molar-refractivity contribution < 1.29 is 19.1 Å². The number of imide groups is 1. The van der Waals surface area contributed by atoms with Crippen LogP contribution in [0.15, 0.2) is 47.5 Å². The molecule has 0 saturated carbocycles. The number of aliphatic imine (C=N–C) groups is 1. The lowest BCUT2D eigenvalue weighted by Gasteiger charge is -2.16.